The molecule has 0 unspecified atom stereocenters. The Morgan fingerprint density at radius 1 is 1.70 bits per heavy atom. The maximum atomic E-state index is 10.5. The molecule has 0 saturated carbocycles. The second-order valence-corrected chi connectivity index (χ2v) is 1.95. The molecule has 0 bridgehead atoms. The van der Waals surface area contributed by atoms with Crippen LogP contribution in [0.5, 0.6) is 0 Å². The van der Waals surface area contributed by atoms with Gasteiger partial charge in [0.05, 0.1) is 12.6 Å². The molecule has 1 radical (unpaired) electrons. The monoisotopic (exact) mass is 144 g/mol. The average molecular weight is 144 g/mol. The van der Waals surface area contributed by atoms with Crippen molar-refractivity contribution in [1.29, 1.82) is 0 Å². The summed E-state index contributed by atoms with van der Waals surface area (Å²) in [4.78, 5) is 20.1. The highest BCUT2D eigenvalue weighted by atomic mass is 16.6. The van der Waals surface area contributed by atoms with Crippen LogP contribution in [-0.2, 0) is 9.53 Å². The van der Waals surface area contributed by atoms with Crippen molar-refractivity contribution in [1.82, 2.24) is 5.32 Å². The number of nitrogens with one attached hydrogen (secondary N) is 1. The van der Waals surface area contributed by atoms with Crippen molar-refractivity contribution in [3.05, 3.63) is 0 Å². The maximum Gasteiger partial charge on any atom is 0.407 e. The smallest absolute Gasteiger partial charge is 0.407 e. The number of carbonyl (C=O) groups is 1. The van der Waals surface area contributed by atoms with Gasteiger partial charge in [0.25, 0.3) is 0 Å². The molecular weight excluding hydrogens is 134 g/mol. The molecule has 4 heteroatoms. The number of rotatable bonds is 3. The number of ether oxygens (including phenoxy) is 1. The Morgan fingerprint density at radius 2 is 2.30 bits per heavy atom. The van der Waals surface area contributed by atoms with Gasteiger partial charge in [-0.3, -0.25) is 4.79 Å². The zero-order chi connectivity index (χ0) is 7.98. The van der Waals surface area contributed by atoms with Gasteiger partial charge in [-0.05, 0) is 13.8 Å². The van der Waals surface area contributed by atoms with E-state index in [0.29, 0.717) is 0 Å². The molecule has 0 aromatic heterocycles. The molecule has 0 spiro atoms. The normalized spacial score (nSPS) is 9.10. The highest BCUT2D eigenvalue weighted by molar-refractivity contribution is 5.71. The minimum Gasteiger partial charge on any atom is -0.447 e. The van der Waals surface area contributed by atoms with Crippen LogP contribution < -0.4 is 5.32 Å². The van der Waals surface area contributed by atoms with Gasteiger partial charge in [0.15, 0.2) is 0 Å². The average Bonchev–Trinajstić information content (AvgIpc) is 1.82. The summed E-state index contributed by atoms with van der Waals surface area (Å²) in [5, 5.41) is 2.18. The first-order valence-corrected chi connectivity index (χ1v) is 2.96. The van der Waals surface area contributed by atoms with E-state index in [1.165, 1.54) is 6.29 Å². The third-order valence-corrected chi connectivity index (χ3v) is 0.648. The van der Waals surface area contributed by atoms with Gasteiger partial charge in [-0.25, -0.2) is 4.79 Å². The fraction of sp³-hybridized carbons (Fsp3) is 0.667. The highest BCUT2D eigenvalue weighted by Crippen LogP contribution is 1.86. The van der Waals surface area contributed by atoms with Gasteiger partial charge in [0, 0.05) is 0 Å². The van der Waals surface area contributed by atoms with Crippen molar-refractivity contribution in [2.24, 2.45) is 0 Å². The Morgan fingerprint density at radius 3 is 2.70 bits per heavy atom. The van der Waals surface area contributed by atoms with Crippen LogP contribution in [0, 0.1) is 0 Å². The lowest BCUT2D eigenvalue weighted by Crippen LogP contribution is -2.28. The SMILES string of the molecule is CC(C)OC(=O)NC[C]=O. The first-order valence-electron chi connectivity index (χ1n) is 2.96. The van der Waals surface area contributed by atoms with E-state index in [9.17, 15) is 9.59 Å². The molecule has 0 saturated heterocycles. The summed E-state index contributed by atoms with van der Waals surface area (Å²) in [7, 11) is 0. The summed E-state index contributed by atoms with van der Waals surface area (Å²) in [6, 6.07) is 0. The molecule has 57 valence electrons. The maximum absolute atomic E-state index is 10.5. The van der Waals surface area contributed by atoms with Crippen LogP contribution in [0.3, 0.4) is 0 Å². The van der Waals surface area contributed by atoms with Gasteiger partial charge in [0.2, 0.25) is 6.29 Å². The van der Waals surface area contributed by atoms with Crippen molar-refractivity contribution < 1.29 is 14.3 Å². The van der Waals surface area contributed by atoms with E-state index in [-0.39, 0.29) is 12.6 Å². The standard InChI is InChI=1S/C6H10NO3/c1-5(2)10-6(9)7-3-4-8/h5H,3H2,1-2H3,(H,7,9). The van der Waals surface area contributed by atoms with Crippen molar-refractivity contribution in [3.63, 3.8) is 0 Å². The first-order chi connectivity index (χ1) is 4.66. The molecule has 1 amide bonds. The Balaban J connectivity index is 3.34. The van der Waals surface area contributed by atoms with Gasteiger partial charge in [-0.1, -0.05) is 0 Å². The van der Waals surface area contributed by atoms with Crippen molar-refractivity contribution in [2.45, 2.75) is 20.0 Å². The molecule has 0 heterocycles. The largest absolute Gasteiger partial charge is 0.447 e. The Hall–Kier alpha value is -1.06. The van der Waals surface area contributed by atoms with Gasteiger partial charge < -0.3 is 10.1 Å². The Kier molecular flexibility index (Phi) is 4.28. The third kappa shape index (κ3) is 5.08. The van der Waals surface area contributed by atoms with E-state index >= 15 is 0 Å². The molecule has 4 nitrogen and oxygen atoms in total. The highest BCUT2D eigenvalue weighted by Gasteiger charge is 2.01. The Bertz CT molecular complexity index is 122. The first kappa shape index (κ1) is 8.94. The van der Waals surface area contributed by atoms with Crippen LogP contribution in [0.2, 0.25) is 0 Å². The fourth-order valence-electron chi connectivity index (χ4n) is 0.364. The quantitative estimate of drug-likeness (QED) is 0.616. The fourth-order valence-corrected chi connectivity index (χ4v) is 0.364. The molecule has 0 aromatic carbocycles. The van der Waals surface area contributed by atoms with E-state index in [1.54, 1.807) is 13.8 Å². The molecule has 0 aliphatic carbocycles. The van der Waals surface area contributed by atoms with Crippen LogP contribution in [0.1, 0.15) is 13.8 Å². The van der Waals surface area contributed by atoms with Crippen molar-refractivity contribution in [3.8, 4) is 0 Å². The predicted molar refractivity (Wildman–Crippen MR) is 35.3 cm³/mol. The summed E-state index contributed by atoms with van der Waals surface area (Å²) >= 11 is 0. The number of carbonyl (C=O) groups excluding carboxylic acids is 2. The summed E-state index contributed by atoms with van der Waals surface area (Å²) in [5.41, 5.74) is 0. The van der Waals surface area contributed by atoms with Crippen LogP contribution in [0.15, 0.2) is 0 Å². The number of amides is 1. The molecule has 0 fully saturated rings. The minimum atomic E-state index is -0.585. The van der Waals surface area contributed by atoms with Gasteiger partial charge in [-0.15, -0.1) is 0 Å². The summed E-state index contributed by atoms with van der Waals surface area (Å²) in [5.74, 6) is 0. The lowest BCUT2D eigenvalue weighted by molar-refractivity contribution is 0.117. The molecule has 0 aliphatic rings. The summed E-state index contributed by atoms with van der Waals surface area (Å²) in [6.07, 6.45) is 0.765. The lowest BCUT2D eigenvalue weighted by atomic mass is 10.5. The minimum absolute atomic E-state index is 0.119. The summed E-state index contributed by atoms with van der Waals surface area (Å²) < 4.78 is 4.62. The lowest BCUT2D eigenvalue weighted by Gasteiger charge is -2.06. The zero-order valence-corrected chi connectivity index (χ0v) is 6.01. The molecule has 1 N–H and O–H groups in total. The van der Waals surface area contributed by atoms with Crippen molar-refractivity contribution >= 4 is 12.4 Å². The molecule has 0 aromatic rings. The predicted octanol–water partition coefficient (Wildman–Crippen LogP) is 0.231. The Labute approximate surface area is 59.6 Å². The number of alkyl carbamates (subject to hydrolysis) is 1. The number of hydrogen-bond donors (Lipinski definition) is 1. The molecule has 10 heavy (non-hydrogen) atoms. The van der Waals surface area contributed by atoms with E-state index < -0.39 is 6.09 Å². The van der Waals surface area contributed by atoms with Crippen LogP contribution >= 0.6 is 0 Å². The van der Waals surface area contributed by atoms with E-state index in [2.05, 4.69) is 10.1 Å². The van der Waals surface area contributed by atoms with E-state index in [4.69, 9.17) is 0 Å². The molecule has 0 rings (SSSR count). The van der Waals surface area contributed by atoms with E-state index in [1.807, 2.05) is 0 Å². The van der Waals surface area contributed by atoms with E-state index in [0.717, 1.165) is 0 Å². The molecule has 0 aliphatic heterocycles. The van der Waals surface area contributed by atoms with Crippen LogP contribution in [-0.4, -0.2) is 25.0 Å². The topological polar surface area (TPSA) is 55.4 Å². The van der Waals surface area contributed by atoms with Gasteiger partial charge in [-0.2, -0.15) is 0 Å². The van der Waals surface area contributed by atoms with Gasteiger partial charge in [0.1, 0.15) is 0 Å². The summed E-state index contributed by atoms with van der Waals surface area (Å²) in [6.45, 7) is 3.33. The van der Waals surface area contributed by atoms with Crippen LogP contribution in [0.25, 0.3) is 0 Å². The molecule has 0 atom stereocenters. The molecular formula is C6H10NO3. The second kappa shape index (κ2) is 4.78. The van der Waals surface area contributed by atoms with Crippen molar-refractivity contribution in [2.75, 3.05) is 6.54 Å². The van der Waals surface area contributed by atoms with Crippen LogP contribution in [0.4, 0.5) is 4.79 Å². The van der Waals surface area contributed by atoms with Gasteiger partial charge >= 0.3 is 6.09 Å². The number of hydrogen-bond acceptors (Lipinski definition) is 3. The second-order valence-electron chi connectivity index (χ2n) is 1.95. The zero-order valence-electron chi connectivity index (χ0n) is 6.01. The third-order valence-electron chi connectivity index (χ3n) is 0.648.